The fraction of sp³-hybridized carbons (Fsp3) is 0.462. The third-order valence-corrected chi connectivity index (χ3v) is 3.40. The van der Waals surface area contributed by atoms with E-state index in [2.05, 4.69) is 15.1 Å². The summed E-state index contributed by atoms with van der Waals surface area (Å²) in [6, 6.07) is 5.45. The van der Waals surface area contributed by atoms with E-state index in [-0.39, 0.29) is 0 Å². The van der Waals surface area contributed by atoms with Gasteiger partial charge in [0.05, 0.1) is 0 Å². The highest BCUT2D eigenvalue weighted by atomic mass is 16.5. The van der Waals surface area contributed by atoms with Crippen molar-refractivity contribution in [1.82, 2.24) is 15.1 Å². The van der Waals surface area contributed by atoms with Gasteiger partial charge >= 0.3 is 0 Å². The Morgan fingerprint density at radius 2 is 2.32 bits per heavy atom. The predicted octanol–water partition coefficient (Wildman–Crippen LogP) is 2.35. The highest BCUT2D eigenvalue weighted by Gasteiger charge is 2.35. The Kier molecular flexibility index (Phi) is 2.84. The zero-order chi connectivity index (χ0) is 13.3. The topological polar surface area (TPSA) is 87.7 Å². The third-order valence-electron chi connectivity index (χ3n) is 3.40. The molecule has 98 valence electrons. The fourth-order valence-electron chi connectivity index (χ4n) is 2.24. The van der Waals surface area contributed by atoms with Gasteiger partial charge in [0.15, 0.2) is 0 Å². The average molecular weight is 258 g/mol. The normalized spacial score (nSPS) is 23.2. The van der Waals surface area contributed by atoms with E-state index in [9.17, 15) is 0 Å². The number of ether oxygens (including phenoxy) is 1. The first kappa shape index (κ1) is 11.9. The molecule has 0 radical (unpaired) electrons. The van der Waals surface area contributed by atoms with Gasteiger partial charge in [0.1, 0.15) is 23.1 Å². The number of rotatable bonds is 2. The van der Waals surface area contributed by atoms with E-state index in [0.717, 1.165) is 25.9 Å². The van der Waals surface area contributed by atoms with Gasteiger partial charge in [-0.05, 0) is 38.3 Å². The quantitative estimate of drug-likeness (QED) is 0.893. The Morgan fingerprint density at radius 1 is 1.42 bits per heavy atom. The number of hydrogen-bond acceptors (Lipinski definition) is 5. The summed E-state index contributed by atoms with van der Waals surface area (Å²) >= 11 is 0. The molecule has 1 aliphatic heterocycles. The van der Waals surface area contributed by atoms with Crippen LogP contribution < -0.4 is 0 Å². The van der Waals surface area contributed by atoms with Crippen molar-refractivity contribution in [3.8, 4) is 17.7 Å². The maximum atomic E-state index is 8.78. The SMILES string of the molecule is CC1(c2noc(-c3ccc(C#N)[nH]3)n2)CCCCO1. The number of nitrogens with one attached hydrogen (secondary N) is 1. The maximum Gasteiger partial charge on any atom is 0.274 e. The molecule has 1 saturated heterocycles. The Morgan fingerprint density at radius 3 is 3.00 bits per heavy atom. The summed E-state index contributed by atoms with van der Waals surface area (Å²) < 4.78 is 11.0. The number of nitrogens with zero attached hydrogens (tertiary/aromatic N) is 3. The van der Waals surface area contributed by atoms with Crippen molar-refractivity contribution in [1.29, 1.82) is 5.26 Å². The summed E-state index contributed by atoms with van der Waals surface area (Å²) in [5.41, 5.74) is 0.648. The largest absolute Gasteiger partial charge is 0.367 e. The van der Waals surface area contributed by atoms with Crippen LogP contribution in [0.1, 0.15) is 37.7 Å². The molecule has 0 aromatic carbocycles. The first-order valence-corrected chi connectivity index (χ1v) is 6.29. The molecule has 19 heavy (non-hydrogen) atoms. The van der Waals surface area contributed by atoms with E-state index in [4.69, 9.17) is 14.5 Å². The molecule has 0 aliphatic carbocycles. The van der Waals surface area contributed by atoms with Crippen molar-refractivity contribution in [3.05, 3.63) is 23.7 Å². The van der Waals surface area contributed by atoms with E-state index in [1.54, 1.807) is 12.1 Å². The van der Waals surface area contributed by atoms with Gasteiger partial charge in [-0.1, -0.05) is 5.16 Å². The van der Waals surface area contributed by atoms with Crippen molar-refractivity contribution in [2.75, 3.05) is 6.61 Å². The van der Waals surface area contributed by atoms with Crippen LogP contribution in [-0.2, 0) is 10.3 Å². The highest BCUT2D eigenvalue weighted by molar-refractivity contribution is 5.49. The van der Waals surface area contributed by atoms with E-state index in [1.165, 1.54) is 0 Å². The standard InChI is InChI=1S/C13H14N4O2/c1-13(6-2-3-7-18-13)12-16-11(19-17-12)10-5-4-9(8-14)15-10/h4-5,15H,2-3,6-7H2,1H3. The van der Waals surface area contributed by atoms with Gasteiger partial charge in [-0.15, -0.1) is 0 Å². The highest BCUT2D eigenvalue weighted by Crippen LogP contribution is 2.33. The lowest BCUT2D eigenvalue weighted by atomic mass is 9.95. The molecule has 3 heterocycles. The van der Waals surface area contributed by atoms with Crippen molar-refractivity contribution in [3.63, 3.8) is 0 Å². The second kappa shape index (κ2) is 4.52. The number of aromatic nitrogens is 3. The Hall–Kier alpha value is -2.13. The minimum absolute atomic E-state index is 0.381. The molecule has 6 nitrogen and oxygen atoms in total. The van der Waals surface area contributed by atoms with Crippen LogP contribution in [0.4, 0.5) is 0 Å². The van der Waals surface area contributed by atoms with Gasteiger partial charge < -0.3 is 14.2 Å². The molecular weight excluding hydrogens is 244 g/mol. The minimum atomic E-state index is -0.468. The molecule has 1 atom stereocenters. The van der Waals surface area contributed by atoms with E-state index < -0.39 is 5.60 Å². The van der Waals surface area contributed by atoms with Crippen LogP contribution >= 0.6 is 0 Å². The summed E-state index contributed by atoms with van der Waals surface area (Å²) in [5.74, 6) is 0.946. The molecule has 2 aromatic heterocycles. The Labute approximate surface area is 110 Å². The molecule has 0 amide bonds. The molecule has 0 saturated carbocycles. The average Bonchev–Trinajstić information content (AvgIpc) is 3.08. The first-order valence-electron chi connectivity index (χ1n) is 6.29. The zero-order valence-corrected chi connectivity index (χ0v) is 10.6. The van der Waals surface area contributed by atoms with Crippen molar-refractivity contribution >= 4 is 0 Å². The number of aromatic amines is 1. The summed E-state index contributed by atoms with van der Waals surface area (Å²) in [6.45, 7) is 2.71. The minimum Gasteiger partial charge on any atom is -0.367 e. The second-order valence-corrected chi connectivity index (χ2v) is 4.86. The molecule has 1 unspecified atom stereocenters. The molecule has 0 spiro atoms. The van der Waals surface area contributed by atoms with Gasteiger partial charge in [-0.3, -0.25) is 0 Å². The van der Waals surface area contributed by atoms with Gasteiger partial charge in [0, 0.05) is 6.61 Å². The van der Waals surface area contributed by atoms with Crippen molar-refractivity contribution < 1.29 is 9.26 Å². The molecule has 1 N–H and O–H groups in total. The van der Waals surface area contributed by atoms with Crippen LogP contribution in [0.3, 0.4) is 0 Å². The Balaban J connectivity index is 1.88. The predicted molar refractivity (Wildman–Crippen MR) is 66.0 cm³/mol. The van der Waals surface area contributed by atoms with E-state index in [0.29, 0.717) is 23.1 Å². The number of hydrogen-bond donors (Lipinski definition) is 1. The van der Waals surface area contributed by atoms with Gasteiger partial charge in [0.2, 0.25) is 5.82 Å². The van der Waals surface area contributed by atoms with Gasteiger partial charge in [-0.25, -0.2) is 0 Å². The van der Waals surface area contributed by atoms with Crippen LogP contribution in [0, 0.1) is 11.3 Å². The number of nitriles is 1. The van der Waals surface area contributed by atoms with Crippen LogP contribution in [-0.4, -0.2) is 21.7 Å². The lowest BCUT2D eigenvalue weighted by molar-refractivity contribution is -0.0770. The van der Waals surface area contributed by atoms with E-state index >= 15 is 0 Å². The smallest absolute Gasteiger partial charge is 0.274 e. The second-order valence-electron chi connectivity index (χ2n) is 4.86. The summed E-state index contributed by atoms with van der Waals surface area (Å²) in [4.78, 5) is 7.29. The molecule has 1 aliphatic rings. The lowest BCUT2D eigenvalue weighted by Gasteiger charge is -2.30. The van der Waals surface area contributed by atoms with Crippen molar-refractivity contribution in [2.45, 2.75) is 31.8 Å². The molecule has 1 fully saturated rings. The van der Waals surface area contributed by atoms with Crippen LogP contribution in [0.25, 0.3) is 11.6 Å². The van der Waals surface area contributed by atoms with E-state index in [1.807, 2.05) is 13.0 Å². The summed E-state index contributed by atoms with van der Waals surface area (Å²) in [7, 11) is 0. The van der Waals surface area contributed by atoms with Crippen molar-refractivity contribution in [2.24, 2.45) is 0 Å². The van der Waals surface area contributed by atoms with Crippen LogP contribution in [0.15, 0.2) is 16.7 Å². The Bertz CT molecular complexity index is 617. The fourth-order valence-corrected chi connectivity index (χ4v) is 2.24. The van der Waals surface area contributed by atoms with Crippen LogP contribution in [0.5, 0.6) is 0 Å². The van der Waals surface area contributed by atoms with Crippen LogP contribution in [0.2, 0.25) is 0 Å². The molecule has 6 heteroatoms. The van der Waals surface area contributed by atoms with Gasteiger partial charge in [-0.2, -0.15) is 10.2 Å². The molecular formula is C13H14N4O2. The lowest BCUT2D eigenvalue weighted by Crippen LogP contribution is -2.31. The molecule has 3 rings (SSSR count). The zero-order valence-electron chi connectivity index (χ0n) is 10.6. The molecule has 2 aromatic rings. The first-order chi connectivity index (χ1) is 9.21. The molecule has 0 bridgehead atoms. The summed E-state index contributed by atoms with van der Waals surface area (Å²) in [5, 5.41) is 12.8. The maximum absolute atomic E-state index is 8.78. The van der Waals surface area contributed by atoms with Gasteiger partial charge in [0.25, 0.3) is 5.89 Å². The number of H-pyrrole nitrogens is 1. The third kappa shape index (κ3) is 2.13. The summed E-state index contributed by atoms with van der Waals surface area (Å²) in [6.07, 6.45) is 3.06. The monoisotopic (exact) mass is 258 g/mol.